The molecule has 0 bridgehead atoms. The van der Waals surface area contributed by atoms with Crippen molar-refractivity contribution >= 4 is 28.8 Å². The van der Waals surface area contributed by atoms with Crippen LogP contribution in [0, 0.1) is 5.41 Å². The number of halogens is 1. The number of nitrogens with two attached hydrogens (primary N) is 1. The third kappa shape index (κ3) is 2.56. The van der Waals surface area contributed by atoms with E-state index in [-0.39, 0.29) is 5.84 Å². The van der Waals surface area contributed by atoms with E-state index in [1.54, 1.807) is 13.2 Å². The molecule has 2 rings (SSSR count). The van der Waals surface area contributed by atoms with E-state index in [0.717, 1.165) is 17.1 Å². The molecule has 0 saturated heterocycles. The second-order valence-electron chi connectivity index (χ2n) is 4.28. The largest absolute Gasteiger partial charge is 0.495 e. The van der Waals surface area contributed by atoms with Crippen LogP contribution in [0.1, 0.15) is 5.56 Å². The number of anilines is 2. The molecular weight excluding hydrogens is 274 g/mol. The summed E-state index contributed by atoms with van der Waals surface area (Å²) >= 11 is 6.15. The molecular formula is C15H16ClN3O. The van der Waals surface area contributed by atoms with E-state index in [4.69, 9.17) is 27.5 Å². The van der Waals surface area contributed by atoms with Gasteiger partial charge < -0.3 is 15.4 Å². The van der Waals surface area contributed by atoms with Crippen LogP contribution in [0.4, 0.5) is 11.4 Å². The average Bonchev–Trinajstić information content (AvgIpc) is 2.45. The highest BCUT2D eigenvalue weighted by Crippen LogP contribution is 2.35. The zero-order valence-electron chi connectivity index (χ0n) is 11.4. The second-order valence-corrected chi connectivity index (χ2v) is 4.69. The summed E-state index contributed by atoms with van der Waals surface area (Å²) < 4.78 is 5.36. The molecule has 5 heteroatoms. The van der Waals surface area contributed by atoms with Crippen molar-refractivity contribution in [1.29, 1.82) is 5.41 Å². The number of methoxy groups -OCH3 is 1. The number of hydrogen-bond donors (Lipinski definition) is 2. The highest BCUT2D eigenvalue weighted by molar-refractivity contribution is 6.34. The molecule has 0 aliphatic rings. The number of ether oxygens (including phenoxy) is 1. The Bertz CT molecular complexity index is 643. The highest BCUT2D eigenvalue weighted by Gasteiger charge is 2.16. The molecule has 0 amide bonds. The van der Waals surface area contributed by atoms with Crippen molar-refractivity contribution in [3.63, 3.8) is 0 Å². The molecule has 0 aliphatic heterocycles. The van der Waals surface area contributed by atoms with Crippen LogP contribution in [0.3, 0.4) is 0 Å². The Hall–Kier alpha value is -2.20. The summed E-state index contributed by atoms with van der Waals surface area (Å²) in [4.78, 5) is 1.90. The molecule has 0 aromatic heterocycles. The molecule has 104 valence electrons. The molecule has 2 aromatic carbocycles. The minimum atomic E-state index is -0.0626. The Morgan fingerprint density at radius 3 is 2.45 bits per heavy atom. The summed E-state index contributed by atoms with van der Waals surface area (Å²) in [7, 11) is 3.51. The fourth-order valence-electron chi connectivity index (χ4n) is 2.10. The van der Waals surface area contributed by atoms with Gasteiger partial charge in [0.25, 0.3) is 0 Å². The third-order valence-electron chi connectivity index (χ3n) is 3.07. The second kappa shape index (κ2) is 5.84. The van der Waals surface area contributed by atoms with E-state index in [1.165, 1.54) is 0 Å². The van der Waals surface area contributed by atoms with Gasteiger partial charge in [-0.25, -0.2) is 0 Å². The van der Waals surface area contributed by atoms with Crippen molar-refractivity contribution in [1.82, 2.24) is 0 Å². The van der Waals surface area contributed by atoms with Crippen LogP contribution in [-0.4, -0.2) is 20.0 Å². The molecule has 0 atom stereocenters. The van der Waals surface area contributed by atoms with Crippen LogP contribution in [0.15, 0.2) is 42.5 Å². The number of nitrogens with one attached hydrogen (secondary N) is 1. The highest BCUT2D eigenvalue weighted by atomic mass is 35.5. The van der Waals surface area contributed by atoms with Crippen LogP contribution in [0.2, 0.25) is 5.02 Å². The van der Waals surface area contributed by atoms with Gasteiger partial charge in [-0.15, -0.1) is 0 Å². The van der Waals surface area contributed by atoms with Crippen LogP contribution in [-0.2, 0) is 0 Å². The van der Waals surface area contributed by atoms with Crippen LogP contribution in [0.5, 0.6) is 5.75 Å². The van der Waals surface area contributed by atoms with E-state index in [1.807, 2.05) is 48.3 Å². The van der Waals surface area contributed by atoms with E-state index in [9.17, 15) is 0 Å². The Morgan fingerprint density at radius 2 is 1.80 bits per heavy atom. The van der Waals surface area contributed by atoms with Gasteiger partial charge in [-0.1, -0.05) is 29.8 Å². The van der Waals surface area contributed by atoms with Gasteiger partial charge in [-0.05, 0) is 24.3 Å². The predicted octanol–water partition coefficient (Wildman–Crippen LogP) is 3.40. The summed E-state index contributed by atoms with van der Waals surface area (Å²) in [6.45, 7) is 0. The number of para-hydroxylation sites is 2. The van der Waals surface area contributed by atoms with Gasteiger partial charge in [-0.3, -0.25) is 5.41 Å². The summed E-state index contributed by atoms with van der Waals surface area (Å²) in [6.07, 6.45) is 0. The van der Waals surface area contributed by atoms with E-state index < -0.39 is 0 Å². The van der Waals surface area contributed by atoms with Crippen molar-refractivity contribution < 1.29 is 4.74 Å². The SMILES string of the molecule is COc1ccccc1N(C)c1cccc(Cl)c1C(=N)N. The standard InChI is InChI=1S/C15H16ClN3O/c1-19(11-7-3-4-9-13(11)20-2)12-8-5-6-10(16)14(12)15(17)18/h3-9H,1-2H3,(H3,17,18). The summed E-state index contributed by atoms with van der Waals surface area (Å²) in [6, 6.07) is 13.1. The zero-order valence-corrected chi connectivity index (χ0v) is 12.1. The average molecular weight is 290 g/mol. The van der Waals surface area contributed by atoms with Gasteiger partial charge in [-0.2, -0.15) is 0 Å². The lowest BCUT2D eigenvalue weighted by Crippen LogP contribution is -2.19. The molecule has 20 heavy (non-hydrogen) atoms. The number of amidine groups is 1. The lowest BCUT2D eigenvalue weighted by Gasteiger charge is -2.24. The molecule has 0 fully saturated rings. The third-order valence-corrected chi connectivity index (χ3v) is 3.38. The topological polar surface area (TPSA) is 62.3 Å². The van der Waals surface area contributed by atoms with Crippen molar-refractivity contribution in [2.24, 2.45) is 5.73 Å². The van der Waals surface area contributed by atoms with Crippen LogP contribution in [0.25, 0.3) is 0 Å². The number of benzene rings is 2. The molecule has 4 nitrogen and oxygen atoms in total. The van der Waals surface area contributed by atoms with Gasteiger partial charge in [0, 0.05) is 7.05 Å². The minimum Gasteiger partial charge on any atom is -0.495 e. The lowest BCUT2D eigenvalue weighted by molar-refractivity contribution is 0.415. The monoisotopic (exact) mass is 289 g/mol. The van der Waals surface area contributed by atoms with E-state index in [2.05, 4.69) is 0 Å². The maximum atomic E-state index is 7.71. The number of rotatable bonds is 4. The molecule has 2 aromatic rings. The van der Waals surface area contributed by atoms with E-state index in [0.29, 0.717) is 10.6 Å². The number of nitrogens with zero attached hydrogens (tertiary/aromatic N) is 1. The summed E-state index contributed by atoms with van der Waals surface area (Å²) in [5, 5.41) is 8.16. The first-order valence-electron chi connectivity index (χ1n) is 6.06. The maximum Gasteiger partial charge on any atom is 0.142 e. The van der Waals surface area contributed by atoms with Crippen molar-refractivity contribution in [2.75, 3.05) is 19.1 Å². The normalized spacial score (nSPS) is 10.2. The predicted molar refractivity (Wildman–Crippen MR) is 83.5 cm³/mol. The Kier molecular flexibility index (Phi) is 4.15. The first-order chi connectivity index (χ1) is 9.56. The molecule has 0 unspecified atom stereocenters. The molecule has 3 N–H and O–H groups in total. The van der Waals surface area contributed by atoms with Gasteiger partial charge in [0.1, 0.15) is 11.6 Å². The van der Waals surface area contributed by atoms with Gasteiger partial charge in [0.2, 0.25) is 0 Å². The van der Waals surface area contributed by atoms with Crippen molar-refractivity contribution in [2.45, 2.75) is 0 Å². The Balaban J connectivity index is 2.57. The molecule has 0 heterocycles. The van der Waals surface area contributed by atoms with E-state index >= 15 is 0 Å². The fraction of sp³-hybridized carbons (Fsp3) is 0.133. The Morgan fingerprint density at radius 1 is 1.15 bits per heavy atom. The molecule has 0 aliphatic carbocycles. The van der Waals surface area contributed by atoms with Crippen LogP contribution < -0.4 is 15.4 Å². The smallest absolute Gasteiger partial charge is 0.142 e. The molecule has 0 saturated carbocycles. The van der Waals surface area contributed by atoms with Gasteiger partial charge in [0.15, 0.2) is 0 Å². The first kappa shape index (κ1) is 14.2. The minimum absolute atomic E-state index is 0.0626. The van der Waals surface area contributed by atoms with Gasteiger partial charge >= 0.3 is 0 Å². The number of hydrogen-bond acceptors (Lipinski definition) is 3. The van der Waals surface area contributed by atoms with Crippen molar-refractivity contribution in [3.8, 4) is 5.75 Å². The van der Waals surface area contributed by atoms with Crippen molar-refractivity contribution in [3.05, 3.63) is 53.1 Å². The fourth-order valence-corrected chi connectivity index (χ4v) is 2.37. The number of nitrogen functional groups attached to an aromatic ring is 1. The first-order valence-corrected chi connectivity index (χ1v) is 6.43. The van der Waals surface area contributed by atoms with Gasteiger partial charge in [0.05, 0.1) is 29.1 Å². The lowest BCUT2D eigenvalue weighted by atomic mass is 10.1. The van der Waals surface area contributed by atoms with Crippen LogP contribution >= 0.6 is 11.6 Å². The summed E-state index contributed by atoms with van der Waals surface area (Å²) in [5.74, 6) is 0.678. The maximum absolute atomic E-state index is 7.71. The Labute approximate surface area is 123 Å². The molecule has 0 radical (unpaired) electrons. The zero-order chi connectivity index (χ0) is 14.7. The quantitative estimate of drug-likeness (QED) is 0.670. The summed E-state index contributed by atoms with van der Waals surface area (Å²) in [5.41, 5.74) is 7.79. The molecule has 0 spiro atoms.